The number of alkyl halides is 3. The van der Waals surface area contributed by atoms with Gasteiger partial charge < -0.3 is 0 Å². The smallest absolute Gasteiger partial charge is 0.295 e. The Labute approximate surface area is 87.8 Å². The van der Waals surface area contributed by atoms with Crippen LogP contribution in [-0.4, -0.2) is 10.7 Å². The minimum atomic E-state index is -4.71. The second-order valence-corrected chi connectivity index (χ2v) is 3.08. The molecule has 1 aromatic carbocycles. The van der Waals surface area contributed by atoms with E-state index in [1.54, 1.807) is 0 Å². The van der Waals surface area contributed by atoms with E-state index in [2.05, 4.69) is 0 Å². The van der Waals surface area contributed by atoms with E-state index in [-0.39, 0.29) is 5.56 Å². The highest BCUT2D eigenvalue weighted by Gasteiger charge is 2.33. The summed E-state index contributed by atoms with van der Waals surface area (Å²) in [6.45, 7) is 1.04. The molecule has 0 saturated heterocycles. The van der Waals surface area contributed by atoms with Crippen LogP contribution in [0.3, 0.4) is 0 Å². The number of carbonyl (C=O) groups excluding carboxylic acids is 1. The molecule has 0 aliphatic heterocycles. The number of nitro groups is 1. The summed E-state index contributed by atoms with van der Waals surface area (Å²) in [4.78, 5) is 20.3. The maximum Gasteiger partial charge on any atom is 0.416 e. The summed E-state index contributed by atoms with van der Waals surface area (Å²) in [6, 6.07) is 1.80. The van der Waals surface area contributed by atoms with E-state index in [1.165, 1.54) is 0 Å². The monoisotopic (exact) mass is 233 g/mol. The zero-order valence-electron chi connectivity index (χ0n) is 8.04. The molecule has 86 valence electrons. The summed E-state index contributed by atoms with van der Waals surface area (Å²) in [6.07, 6.45) is -4.71. The van der Waals surface area contributed by atoms with Crippen molar-refractivity contribution in [3.8, 4) is 0 Å². The van der Waals surface area contributed by atoms with Crippen molar-refractivity contribution in [2.75, 3.05) is 0 Å². The molecular weight excluding hydrogens is 227 g/mol. The number of ketones is 1. The predicted octanol–water partition coefficient (Wildman–Crippen LogP) is 2.82. The van der Waals surface area contributed by atoms with Crippen LogP contribution in [0, 0.1) is 10.1 Å². The van der Waals surface area contributed by atoms with E-state index in [0.29, 0.717) is 12.1 Å². The van der Waals surface area contributed by atoms with Crippen LogP contribution in [0.25, 0.3) is 0 Å². The summed E-state index contributed by atoms with van der Waals surface area (Å²) < 4.78 is 37.0. The number of nitro benzene ring substituents is 1. The molecule has 16 heavy (non-hydrogen) atoms. The molecule has 1 rings (SSSR count). The van der Waals surface area contributed by atoms with Crippen molar-refractivity contribution in [2.24, 2.45) is 0 Å². The van der Waals surface area contributed by atoms with Crippen molar-refractivity contribution in [1.29, 1.82) is 0 Å². The highest BCUT2D eigenvalue weighted by molar-refractivity contribution is 5.94. The largest absolute Gasteiger partial charge is 0.416 e. The molecule has 0 fully saturated rings. The van der Waals surface area contributed by atoms with Gasteiger partial charge in [-0.15, -0.1) is 0 Å². The van der Waals surface area contributed by atoms with Gasteiger partial charge in [0, 0.05) is 17.7 Å². The first kappa shape index (κ1) is 12.2. The van der Waals surface area contributed by atoms with Gasteiger partial charge in [-0.2, -0.15) is 13.2 Å². The first-order valence-electron chi connectivity index (χ1n) is 4.09. The van der Waals surface area contributed by atoms with Crippen molar-refractivity contribution < 1.29 is 22.9 Å². The number of hydrogen-bond acceptors (Lipinski definition) is 3. The zero-order chi connectivity index (χ0) is 12.5. The summed E-state index contributed by atoms with van der Waals surface area (Å²) in [5.41, 5.74) is -2.28. The van der Waals surface area contributed by atoms with Crippen molar-refractivity contribution >= 4 is 11.5 Å². The molecule has 0 spiro atoms. The van der Waals surface area contributed by atoms with E-state index >= 15 is 0 Å². The van der Waals surface area contributed by atoms with Gasteiger partial charge in [0.25, 0.3) is 5.69 Å². The number of Topliss-reactive ketones (excluding diaryl/α,β-unsaturated/α-hetero) is 1. The lowest BCUT2D eigenvalue weighted by molar-refractivity contribution is -0.385. The summed E-state index contributed by atoms with van der Waals surface area (Å²) in [5, 5.41) is 10.4. The standard InChI is InChI=1S/C9H6F3NO3/c1-5(14)6-2-7(9(10,11)12)4-8(3-6)13(15)16/h2-4H,1H3. The Morgan fingerprint density at radius 1 is 1.31 bits per heavy atom. The Kier molecular flexibility index (Phi) is 2.97. The lowest BCUT2D eigenvalue weighted by Crippen LogP contribution is -2.08. The summed E-state index contributed by atoms with van der Waals surface area (Å²) in [5.74, 6) is -0.658. The number of carbonyl (C=O) groups is 1. The van der Waals surface area contributed by atoms with Gasteiger partial charge >= 0.3 is 6.18 Å². The van der Waals surface area contributed by atoms with Crippen LogP contribution in [-0.2, 0) is 6.18 Å². The fourth-order valence-corrected chi connectivity index (χ4v) is 1.08. The second kappa shape index (κ2) is 3.92. The predicted molar refractivity (Wildman–Crippen MR) is 48.1 cm³/mol. The molecule has 0 aliphatic carbocycles. The Morgan fingerprint density at radius 2 is 1.88 bits per heavy atom. The van der Waals surface area contributed by atoms with E-state index in [9.17, 15) is 28.1 Å². The minimum absolute atomic E-state index is 0.332. The highest BCUT2D eigenvalue weighted by Crippen LogP contribution is 2.32. The SMILES string of the molecule is CC(=O)c1cc([N+](=O)[O-])cc(C(F)(F)F)c1. The highest BCUT2D eigenvalue weighted by atomic mass is 19.4. The van der Waals surface area contributed by atoms with Crippen LogP contribution in [0.1, 0.15) is 22.8 Å². The van der Waals surface area contributed by atoms with Gasteiger partial charge in [0.15, 0.2) is 5.78 Å². The molecule has 0 saturated carbocycles. The molecule has 1 aromatic rings. The van der Waals surface area contributed by atoms with Gasteiger partial charge in [-0.25, -0.2) is 0 Å². The van der Waals surface area contributed by atoms with Gasteiger partial charge in [0.1, 0.15) is 0 Å². The molecule has 0 radical (unpaired) electrons. The van der Waals surface area contributed by atoms with E-state index in [4.69, 9.17) is 0 Å². The number of halogens is 3. The molecule has 0 amide bonds. The van der Waals surface area contributed by atoms with Crippen molar-refractivity contribution in [1.82, 2.24) is 0 Å². The molecule has 0 atom stereocenters. The lowest BCUT2D eigenvalue weighted by atomic mass is 10.1. The number of non-ortho nitro benzene ring substituents is 1. The Bertz CT molecular complexity index is 422. The normalized spacial score (nSPS) is 11.2. The van der Waals surface area contributed by atoms with Gasteiger partial charge in [0.05, 0.1) is 10.5 Å². The van der Waals surface area contributed by atoms with Crippen LogP contribution in [0.15, 0.2) is 18.2 Å². The summed E-state index contributed by atoms with van der Waals surface area (Å²) >= 11 is 0. The number of benzene rings is 1. The Balaban J connectivity index is 3.42. The first-order valence-corrected chi connectivity index (χ1v) is 4.09. The molecule has 0 heterocycles. The minimum Gasteiger partial charge on any atom is -0.295 e. The molecular formula is C9H6F3NO3. The van der Waals surface area contributed by atoms with Crippen LogP contribution in [0.2, 0.25) is 0 Å². The van der Waals surface area contributed by atoms with Crippen molar-refractivity contribution in [3.63, 3.8) is 0 Å². The molecule has 4 nitrogen and oxygen atoms in total. The fourth-order valence-electron chi connectivity index (χ4n) is 1.08. The van der Waals surface area contributed by atoms with Gasteiger partial charge in [-0.05, 0) is 13.0 Å². The topological polar surface area (TPSA) is 60.2 Å². The van der Waals surface area contributed by atoms with Gasteiger partial charge in [-0.3, -0.25) is 14.9 Å². The van der Waals surface area contributed by atoms with Crippen LogP contribution in [0.4, 0.5) is 18.9 Å². The quantitative estimate of drug-likeness (QED) is 0.448. The fraction of sp³-hybridized carbons (Fsp3) is 0.222. The second-order valence-electron chi connectivity index (χ2n) is 3.08. The zero-order valence-corrected chi connectivity index (χ0v) is 8.04. The maximum absolute atomic E-state index is 12.3. The summed E-state index contributed by atoms with van der Waals surface area (Å²) in [7, 11) is 0. The van der Waals surface area contributed by atoms with E-state index in [1.807, 2.05) is 0 Å². The Hall–Kier alpha value is -1.92. The van der Waals surface area contributed by atoms with Crippen LogP contribution < -0.4 is 0 Å². The van der Waals surface area contributed by atoms with E-state index < -0.39 is 28.1 Å². The number of rotatable bonds is 2. The van der Waals surface area contributed by atoms with Crippen LogP contribution >= 0.6 is 0 Å². The molecule has 0 N–H and O–H groups in total. The average molecular weight is 233 g/mol. The average Bonchev–Trinajstić information content (AvgIpc) is 2.15. The third-order valence-corrected chi connectivity index (χ3v) is 1.86. The molecule has 7 heteroatoms. The number of nitrogens with zero attached hydrogens (tertiary/aromatic N) is 1. The molecule has 0 bridgehead atoms. The number of hydrogen-bond donors (Lipinski definition) is 0. The van der Waals surface area contributed by atoms with Gasteiger partial charge in [0.2, 0.25) is 0 Å². The molecule has 0 aromatic heterocycles. The van der Waals surface area contributed by atoms with Gasteiger partial charge in [-0.1, -0.05) is 0 Å². The van der Waals surface area contributed by atoms with Crippen molar-refractivity contribution in [3.05, 3.63) is 39.4 Å². The van der Waals surface area contributed by atoms with E-state index in [0.717, 1.165) is 13.0 Å². The maximum atomic E-state index is 12.3. The molecule has 0 unspecified atom stereocenters. The Morgan fingerprint density at radius 3 is 2.25 bits per heavy atom. The van der Waals surface area contributed by atoms with Crippen LogP contribution in [0.5, 0.6) is 0 Å². The van der Waals surface area contributed by atoms with Crippen molar-refractivity contribution in [2.45, 2.75) is 13.1 Å². The lowest BCUT2D eigenvalue weighted by Gasteiger charge is -2.07. The first-order chi connectivity index (χ1) is 7.21. The third kappa shape index (κ3) is 2.56. The molecule has 0 aliphatic rings. The third-order valence-electron chi connectivity index (χ3n) is 1.86.